The molecule has 6 nitrogen and oxygen atoms in total. The Morgan fingerprint density at radius 1 is 1.41 bits per heavy atom. The van der Waals surface area contributed by atoms with Gasteiger partial charge in [-0.1, -0.05) is 0 Å². The van der Waals surface area contributed by atoms with Crippen molar-refractivity contribution in [2.24, 2.45) is 0 Å². The Labute approximate surface area is 99.4 Å². The molecular weight excluding hydrogens is 218 g/mol. The molecule has 0 saturated heterocycles. The first-order valence-corrected chi connectivity index (χ1v) is 5.37. The number of hydrogen-bond donors (Lipinski definition) is 1. The quantitative estimate of drug-likeness (QED) is 0.863. The van der Waals surface area contributed by atoms with Crippen molar-refractivity contribution in [1.82, 2.24) is 19.7 Å². The molecule has 2 rings (SSSR count). The second kappa shape index (κ2) is 4.40. The van der Waals surface area contributed by atoms with Crippen LogP contribution in [-0.2, 0) is 6.54 Å². The zero-order valence-electron chi connectivity index (χ0n) is 10.1. The molecule has 90 valence electrons. The summed E-state index contributed by atoms with van der Waals surface area (Å²) in [7, 11) is 1.55. The van der Waals surface area contributed by atoms with Gasteiger partial charge in [0, 0.05) is 23.9 Å². The molecule has 0 fully saturated rings. The van der Waals surface area contributed by atoms with E-state index in [-0.39, 0.29) is 5.95 Å². The molecule has 0 aliphatic carbocycles. The van der Waals surface area contributed by atoms with Crippen LogP contribution in [0.1, 0.15) is 12.6 Å². The van der Waals surface area contributed by atoms with Crippen molar-refractivity contribution >= 4 is 5.95 Å². The van der Waals surface area contributed by atoms with Crippen LogP contribution in [0, 0.1) is 6.92 Å². The average Bonchev–Trinajstić information content (AvgIpc) is 2.69. The van der Waals surface area contributed by atoms with Crippen molar-refractivity contribution in [3.8, 4) is 17.1 Å². The normalized spacial score (nSPS) is 10.5. The summed E-state index contributed by atoms with van der Waals surface area (Å²) in [4.78, 5) is 8.15. The molecule has 17 heavy (non-hydrogen) atoms. The Kier molecular flexibility index (Phi) is 2.95. The smallest absolute Gasteiger partial charge is 0.223 e. The molecule has 2 N–H and O–H groups in total. The predicted octanol–water partition coefficient (Wildman–Crippen LogP) is 1.26. The highest BCUT2D eigenvalue weighted by molar-refractivity contribution is 5.63. The summed E-state index contributed by atoms with van der Waals surface area (Å²) >= 11 is 0. The number of nitrogens with zero attached hydrogens (tertiary/aromatic N) is 4. The predicted molar refractivity (Wildman–Crippen MR) is 64.6 cm³/mol. The van der Waals surface area contributed by atoms with Gasteiger partial charge in [-0.3, -0.25) is 4.68 Å². The number of ether oxygens (including phenoxy) is 1. The minimum atomic E-state index is 0.197. The second-order valence-electron chi connectivity index (χ2n) is 3.61. The highest BCUT2D eigenvalue weighted by Crippen LogP contribution is 2.24. The van der Waals surface area contributed by atoms with E-state index in [0.717, 1.165) is 23.5 Å². The Morgan fingerprint density at radius 2 is 2.18 bits per heavy atom. The first-order valence-electron chi connectivity index (χ1n) is 5.37. The standard InChI is InChI=1S/C11H15N5O/c1-4-16-7(2)8(6-13-16)9-5-10(17-3)15-11(12)14-9/h5-6H,4H2,1-3H3,(H2,12,14,15). The fourth-order valence-electron chi connectivity index (χ4n) is 1.70. The maximum absolute atomic E-state index is 5.63. The van der Waals surface area contributed by atoms with Gasteiger partial charge in [0.25, 0.3) is 0 Å². The van der Waals surface area contributed by atoms with Crippen molar-refractivity contribution in [1.29, 1.82) is 0 Å². The second-order valence-corrected chi connectivity index (χ2v) is 3.61. The van der Waals surface area contributed by atoms with E-state index in [1.807, 2.05) is 18.5 Å². The fourth-order valence-corrected chi connectivity index (χ4v) is 1.70. The van der Waals surface area contributed by atoms with Gasteiger partial charge in [0.15, 0.2) is 0 Å². The molecule has 0 bridgehead atoms. The van der Waals surface area contributed by atoms with E-state index >= 15 is 0 Å². The number of nitrogens with two attached hydrogens (primary N) is 1. The number of methoxy groups -OCH3 is 1. The lowest BCUT2D eigenvalue weighted by atomic mass is 10.2. The van der Waals surface area contributed by atoms with E-state index in [9.17, 15) is 0 Å². The summed E-state index contributed by atoms with van der Waals surface area (Å²) in [6, 6.07) is 1.75. The summed E-state index contributed by atoms with van der Waals surface area (Å²) < 4.78 is 6.97. The summed E-state index contributed by atoms with van der Waals surface area (Å²) in [6.45, 7) is 4.86. The Morgan fingerprint density at radius 3 is 2.76 bits per heavy atom. The van der Waals surface area contributed by atoms with Crippen molar-refractivity contribution in [3.05, 3.63) is 18.0 Å². The van der Waals surface area contributed by atoms with Crippen LogP contribution in [0.4, 0.5) is 5.95 Å². The minimum absolute atomic E-state index is 0.197. The molecule has 0 aliphatic rings. The summed E-state index contributed by atoms with van der Waals surface area (Å²) in [5.41, 5.74) is 8.35. The summed E-state index contributed by atoms with van der Waals surface area (Å²) in [6.07, 6.45) is 1.78. The molecule has 0 aliphatic heterocycles. The van der Waals surface area contributed by atoms with Gasteiger partial charge in [0.05, 0.1) is 19.0 Å². The molecule has 0 radical (unpaired) electrons. The molecule has 0 saturated carbocycles. The molecule has 6 heteroatoms. The van der Waals surface area contributed by atoms with E-state index in [1.165, 1.54) is 0 Å². The van der Waals surface area contributed by atoms with Gasteiger partial charge >= 0.3 is 0 Å². The third-order valence-electron chi connectivity index (χ3n) is 2.61. The summed E-state index contributed by atoms with van der Waals surface area (Å²) in [5, 5.41) is 4.27. The third kappa shape index (κ3) is 2.06. The molecule has 2 heterocycles. The first-order chi connectivity index (χ1) is 8.15. The van der Waals surface area contributed by atoms with Crippen LogP contribution in [0.5, 0.6) is 5.88 Å². The number of hydrogen-bond acceptors (Lipinski definition) is 5. The zero-order valence-corrected chi connectivity index (χ0v) is 10.1. The monoisotopic (exact) mass is 233 g/mol. The maximum Gasteiger partial charge on any atom is 0.223 e. The van der Waals surface area contributed by atoms with E-state index in [1.54, 1.807) is 19.4 Å². The number of aromatic nitrogens is 4. The topological polar surface area (TPSA) is 78.8 Å². The number of aryl methyl sites for hydroxylation is 1. The molecule has 0 amide bonds. The van der Waals surface area contributed by atoms with Gasteiger partial charge < -0.3 is 10.5 Å². The van der Waals surface area contributed by atoms with Crippen molar-refractivity contribution in [2.75, 3.05) is 12.8 Å². The molecule has 0 atom stereocenters. The SMILES string of the molecule is CCn1ncc(-c2cc(OC)nc(N)n2)c1C. The van der Waals surface area contributed by atoms with Crippen LogP contribution in [0.25, 0.3) is 11.3 Å². The lowest BCUT2D eigenvalue weighted by molar-refractivity contribution is 0.398. The lowest BCUT2D eigenvalue weighted by Gasteiger charge is -2.05. The first kappa shape index (κ1) is 11.4. The van der Waals surface area contributed by atoms with Crippen LogP contribution in [-0.4, -0.2) is 26.9 Å². The van der Waals surface area contributed by atoms with Crippen LogP contribution >= 0.6 is 0 Å². The fraction of sp³-hybridized carbons (Fsp3) is 0.364. The summed E-state index contributed by atoms with van der Waals surface area (Å²) in [5.74, 6) is 0.652. The lowest BCUT2D eigenvalue weighted by Crippen LogP contribution is -2.01. The van der Waals surface area contributed by atoms with Gasteiger partial charge in [-0.05, 0) is 13.8 Å². The van der Waals surface area contributed by atoms with Crippen molar-refractivity contribution < 1.29 is 4.74 Å². The molecule has 0 spiro atoms. The van der Waals surface area contributed by atoms with Gasteiger partial charge in [-0.25, -0.2) is 4.98 Å². The molecule has 0 unspecified atom stereocenters. The Hall–Kier alpha value is -2.11. The van der Waals surface area contributed by atoms with E-state index in [2.05, 4.69) is 15.1 Å². The number of rotatable bonds is 3. The van der Waals surface area contributed by atoms with Crippen LogP contribution < -0.4 is 10.5 Å². The van der Waals surface area contributed by atoms with E-state index in [0.29, 0.717) is 5.88 Å². The van der Waals surface area contributed by atoms with E-state index in [4.69, 9.17) is 10.5 Å². The molecule has 0 aromatic carbocycles. The number of anilines is 1. The molecular formula is C11H15N5O. The largest absolute Gasteiger partial charge is 0.481 e. The minimum Gasteiger partial charge on any atom is -0.481 e. The van der Waals surface area contributed by atoms with Crippen LogP contribution in [0.2, 0.25) is 0 Å². The van der Waals surface area contributed by atoms with Gasteiger partial charge in [-0.15, -0.1) is 0 Å². The maximum atomic E-state index is 5.63. The zero-order chi connectivity index (χ0) is 12.4. The average molecular weight is 233 g/mol. The molecule has 2 aromatic heterocycles. The van der Waals surface area contributed by atoms with Gasteiger partial charge in [0.2, 0.25) is 11.8 Å². The number of nitrogen functional groups attached to an aromatic ring is 1. The Balaban J connectivity index is 2.52. The van der Waals surface area contributed by atoms with Crippen molar-refractivity contribution in [2.45, 2.75) is 20.4 Å². The van der Waals surface area contributed by atoms with Crippen molar-refractivity contribution in [3.63, 3.8) is 0 Å². The van der Waals surface area contributed by atoms with E-state index < -0.39 is 0 Å². The van der Waals surface area contributed by atoms with Crippen LogP contribution in [0.15, 0.2) is 12.3 Å². The van der Waals surface area contributed by atoms with Gasteiger partial charge in [0.1, 0.15) is 0 Å². The van der Waals surface area contributed by atoms with Crippen LogP contribution in [0.3, 0.4) is 0 Å². The molecule has 2 aromatic rings. The van der Waals surface area contributed by atoms with Gasteiger partial charge in [-0.2, -0.15) is 10.1 Å². The highest BCUT2D eigenvalue weighted by Gasteiger charge is 2.11. The third-order valence-corrected chi connectivity index (χ3v) is 2.61. The Bertz CT molecular complexity index is 535. The highest BCUT2D eigenvalue weighted by atomic mass is 16.5.